The second kappa shape index (κ2) is 6.85. The van der Waals surface area contributed by atoms with Crippen molar-refractivity contribution in [1.82, 2.24) is 19.8 Å². The molecule has 2 atom stereocenters. The third kappa shape index (κ3) is 3.58. The van der Waals surface area contributed by atoms with Gasteiger partial charge in [-0.15, -0.1) is 0 Å². The number of carbonyl (C=O) groups excluding carboxylic acids is 1. The number of aliphatic carboxylic acids is 1. The molecule has 1 aromatic heterocycles. The van der Waals surface area contributed by atoms with Gasteiger partial charge in [-0.25, -0.2) is 9.78 Å². The first-order chi connectivity index (χ1) is 12.3. The summed E-state index contributed by atoms with van der Waals surface area (Å²) in [4.78, 5) is 28.3. The molecule has 10 heteroatoms. The molecule has 1 aromatic carbocycles. The average Bonchev–Trinajstić information content (AvgIpc) is 3.19. The molecule has 0 unspecified atom stereocenters. The molecule has 140 valence electrons. The molecule has 2 heterocycles. The van der Waals surface area contributed by atoms with Crippen LogP contribution in [0.4, 0.5) is 18.0 Å². The maximum Gasteiger partial charge on any atom is 0.394 e. The zero-order valence-electron chi connectivity index (χ0n) is 13.6. The molecular weight excluding hydrogens is 353 g/mol. The molecule has 1 saturated heterocycles. The van der Waals surface area contributed by atoms with Crippen LogP contribution in [0.3, 0.4) is 0 Å². The van der Waals surface area contributed by atoms with E-state index in [9.17, 15) is 22.8 Å². The van der Waals surface area contributed by atoms with Crippen molar-refractivity contribution in [2.75, 3.05) is 19.6 Å². The SMILES string of the molecule is O=C(O)[C@@H]1CN(C(=O)NCCn2cnc3ccccc32)C[C@H]1C(F)(F)F. The van der Waals surface area contributed by atoms with Gasteiger partial charge in [-0.2, -0.15) is 13.2 Å². The molecule has 1 aliphatic rings. The first-order valence-corrected chi connectivity index (χ1v) is 7.99. The summed E-state index contributed by atoms with van der Waals surface area (Å²) in [5.74, 6) is -5.24. The number of halogens is 3. The lowest BCUT2D eigenvalue weighted by Gasteiger charge is -2.18. The van der Waals surface area contributed by atoms with Crippen LogP contribution in [0.1, 0.15) is 0 Å². The lowest BCUT2D eigenvalue weighted by molar-refractivity contribution is -0.187. The Morgan fingerprint density at radius 2 is 2.00 bits per heavy atom. The molecule has 7 nitrogen and oxygen atoms in total. The van der Waals surface area contributed by atoms with Crippen LogP contribution < -0.4 is 5.32 Å². The van der Waals surface area contributed by atoms with Gasteiger partial charge in [0.15, 0.2) is 0 Å². The number of hydrogen-bond acceptors (Lipinski definition) is 3. The van der Waals surface area contributed by atoms with Gasteiger partial charge in [0, 0.05) is 26.2 Å². The summed E-state index contributed by atoms with van der Waals surface area (Å²) in [7, 11) is 0. The lowest BCUT2D eigenvalue weighted by Crippen LogP contribution is -2.40. The van der Waals surface area contributed by atoms with Crippen molar-refractivity contribution in [3.05, 3.63) is 30.6 Å². The van der Waals surface area contributed by atoms with Gasteiger partial charge in [-0.3, -0.25) is 4.79 Å². The van der Waals surface area contributed by atoms with Crippen LogP contribution in [0.15, 0.2) is 30.6 Å². The van der Waals surface area contributed by atoms with Crippen molar-refractivity contribution < 1.29 is 27.9 Å². The third-order valence-corrected chi connectivity index (χ3v) is 4.50. The molecule has 1 fully saturated rings. The molecule has 26 heavy (non-hydrogen) atoms. The number of urea groups is 1. The monoisotopic (exact) mass is 370 g/mol. The summed E-state index contributed by atoms with van der Waals surface area (Å²) >= 11 is 0. The third-order valence-electron chi connectivity index (χ3n) is 4.50. The summed E-state index contributed by atoms with van der Waals surface area (Å²) in [5, 5.41) is 11.5. The number of para-hydroxylation sites is 2. The van der Waals surface area contributed by atoms with Crippen molar-refractivity contribution in [2.45, 2.75) is 12.7 Å². The molecule has 2 N–H and O–H groups in total. The van der Waals surface area contributed by atoms with Gasteiger partial charge < -0.3 is 19.9 Å². The Bertz CT molecular complexity index is 820. The molecule has 2 amide bonds. The van der Waals surface area contributed by atoms with Gasteiger partial charge >= 0.3 is 18.2 Å². The van der Waals surface area contributed by atoms with E-state index in [-0.39, 0.29) is 6.54 Å². The number of likely N-dealkylation sites (tertiary alicyclic amines) is 1. The van der Waals surface area contributed by atoms with Gasteiger partial charge in [0.2, 0.25) is 0 Å². The number of rotatable bonds is 4. The van der Waals surface area contributed by atoms with E-state index in [0.717, 1.165) is 15.9 Å². The Morgan fingerprint density at radius 1 is 1.27 bits per heavy atom. The van der Waals surface area contributed by atoms with E-state index in [1.165, 1.54) is 0 Å². The topological polar surface area (TPSA) is 87.5 Å². The molecule has 3 rings (SSSR count). The van der Waals surface area contributed by atoms with E-state index in [0.29, 0.717) is 6.54 Å². The van der Waals surface area contributed by atoms with E-state index < -0.39 is 43.1 Å². The fraction of sp³-hybridized carbons (Fsp3) is 0.438. The van der Waals surface area contributed by atoms with Crippen LogP contribution >= 0.6 is 0 Å². The minimum atomic E-state index is -4.66. The van der Waals surface area contributed by atoms with Crippen LogP contribution in [-0.2, 0) is 11.3 Å². The summed E-state index contributed by atoms with van der Waals surface area (Å²) < 4.78 is 40.7. The van der Waals surface area contributed by atoms with Gasteiger partial charge in [0.1, 0.15) is 0 Å². The second-order valence-electron chi connectivity index (χ2n) is 6.16. The predicted molar refractivity (Wildman–Crippen MR) is 85.4 cm³/mol. The second-order valence-corrected chi connectivity index (χ2v) is 6.16. The van der Waals surface area contributed by atoms with Crippen LogP contribution in [0, 0.1) is 11.8 Å². The Morgan fingerprint density at radius 3 is 2.65 bits per heavy atom. The number of aromatic nitrogens is 2. The first kappa shape index (κ1) is 18.0. The van der Waals surface area contributed by atoms with Crippen molar-refractivity contribution >= 4 is 23.0 Å². The number of imidazole rings is 1. The summed E-state index contributed by atoms with van der Waals surface area (Å²) in [6.45, 7) is -0.533. The minimum absolute atomic E-state index is 0.185. The lowest BCUT2D eigenvalue weighted by atomic mass is 9.96. The van der Waals surface area contributed by atoms with E-state index in [4.69, 9.17) is 5.11 Å². The number of fused-ring (bicyclic) bond motifs is 1. The highest BCUT2D eigenvalue weighted by Crippen LogP contribution is 2.37. The number of nitrogens with one attached hydrogen (secondary N) is 1. The van der Waals surface area contributed by atoms with Crippen molar-refractivity contribution in [3.63, 3.8) is 0 Å². The molecule has 0 aliphatic carbocycles. The number of nitrogens with zero attached hydrogens (tertiary/aromatic N) is 3. The molecule has 2 aromatic rings. The van der Waals surface area contributed by atoms with Crippen LogP contribution in [0.2, 0.25) is 0 Å². The summed E-state index contributed by atoms with van der Waals surface area (Å²) in [5.41, 5.74) is 1.68. The van der Waals surface area contributed by atoms with Crippen LogP contribution in [-0.4, -0.2) is 57.4 Å². The zero-order chi connectivity index (χ0) is 18.9. The number of amides is 2. The number of alkyl halides is 3. The Kier molecular flexibility index (Phi) is 4.75. The number of carboxylic acid groups (broad SMARTS) is 1. The van der Waals surface area contributed by atoms with Crippen LogP contribution in [0.25, 0.3) is 11.0 Å². The molecule has 0 saturated carbocycles. The maximum atomic E-state index is 13.0. The maximum absolute atomic E-state index is 13.0. The zero-order valence-corrected chi connectivity index (χ0v) is 13.6. The molecule has 0 radical (unpaired) electrons. The molecule has 1 aliphatic heterocycles. The van der Waals surface area contributed by atoms with E-state index in [2.05, 4.69) is 10.3 Å². The first-order valence-electron chi connectivity index (χ1n) is 7.99. The smallest absolute Gasteiger partial charge is 0.394 e. The van der Waals surface area contributed by atoms with Crippen molar-refractivity contribution in [2.24, 2.45) is 11.8 Å². The number of carbonyl (C=O) groups is 2. The normalized spacial score (nSPS) is 20.5. The quantitative estimate of drug-likeness (QED) is 0.861. The Labute approximate surface area is 146 Å². The van der Waals surface area contributed by atoms with Gasteiger partial charge in [0.05, 0.1) is 29.2 Å². The average molecular weight is 370 g/mol. The fourth-order valence-corrected chi connectivity index (χ4v) is 3.14. The van der Waals surface area contributed by atoms with Crippen molar-refractivity contribution in [1.29, 1.82) is 0 Å². The standard InChI is InChI=1S/C16H17F3N4O3/c17-16(18,19)11-8-23(7-10(11)14(24)25)15(26)20-5-6-22-9-21-12-3-1-2-4-13(12)22/h1-4,9-11H,5-8H2,(H,20,26)(H,24,25)/t10-,11-/m1/s1. The highest BCUT2D eigenvalue weighted by Gasteiger charge is 2.53. The van der Waals surface area contributed by atoms with Crippen molar-refractivity contribution in [3.8, 4) is 0 Å². The Balaban J connectivity index is 1.57. The summed E-state index contributed by atoms with van der Waals surface area (Å²) in [6.07, 6.45) is -3.04. The van der Waals surface area contributed by atoms with E-state index in [1.807, 2.05) is 28.8 Å². The molecular formula is C16H17F3N4O3. The van der Waals surface area contributed by atoms with E-state index in [1.54, 1.807) is 6.33 Å². The minimum Gasteiger partial charge on any atom is -0.481 e. The Hall–Kier alpha value is -2.78. The predicted octanol–water partition coefficient (Wildman–Crippen LogP) is 1.94. The molecule has 0 spiro atoms. The van der Waals surface area contributed by atoms with Crippen LogP contribution in [0.5, 0.6) is 0 Å². The van der Waals surface area contributed by atoms with Gasteiger partial charge in [-0.1, -0.05) is 12.1 Å². The summed E-state index contributed by atoms with van der Waals surface area (Å²) in [6, 6.07) is 6.72. The highest BCUT2D eigenvalue weighted by molar-refractivity contribution is 5.78. The highest BCUT2D eigenvalue weighted by atomic mass is 19.4. The largest absolute Gasteiger partial charge is 0.481 e. The number of hydrogen-bond donors (Lipinski definition) is 2. The van der Waals surface area contributed by atoms with E-state index >= 15 is 0 Å². The fourth-order valence-electron chi connectivity index (χ4n) is 3.14. The van der Waals surface area contributed by atoms with Gasteiger partial charge in [0.25, 0.3) is 0 Å². The number of benzene rings is 1. The van der Waals surface area contributed by atoms with Gasteiger partial charge in [-0.05, 0) is 12.1 Å². The number of carboxylic acids is 1. The molecule has 0 bridgehead atoms.